The molecule has 0 aromatic carbocycles. The van der Waals surface area contributed by atoms with Crippen molar-refractivity contribution in [3.63, 3.8) is 0 Å². The minimum Gasteiger partial charge on any atom is -0.464 e. The molecule has 0 unspecified atom stereocenters. The van der Waals surface area contributed by atoms with Crippen LogP contribution < -0.4 is 5.32 Å². The molecule has 3 rings (SSSR count). The highest BCUT2D eigenvalue weighted by Crippen LogP contribution is 2.30. The lowest BCUT2D eigenvalue weighted by Gasteiger charge is -2.29. The number of rotatable bonds is 4. The summed E-state index contributed by atoms with van der Waals surface area (Å²) in [6, 6.07) is 4.48. The SMILES string of the molecule is CCCC1CCC(Nc2nccc3occc23)CC1. The molecule has 0 spiro atoms. The molecule has 0 atom stereocenters. The molecular formula is C16H22N2O. The van der Waals surface area contributed by atoms with Gasteiger partial charge in [0, 0.05) is 12.2 Å². The lowest BCUT2D eigenvalue weighted by Crippen LogP contribution is -2.26. The number of hydrogen-bond donors (Lipinski definition) is 1. The van der Waals surface area contributed by atoms with Crippen LogP contribution >= 0.6 is 0 Å². The minimum atomic E-state index is 0.570. The van der Waals surface area contributed by atoms with Gasteiger partial charge in [-0.15, -0.1) is 0 Å². The first-order chi connectivity index (χ1) is 9.36. The molecule has 102 valence electrons. The van der Waals surface area contributed by atoms with E-state index in [1.807, 2.05) is 18.3 Å². The molecule has 0 saturated heterocycles. The highest BCUT2D eigenvalue weighted by molar-refractivity contribution is 5.87. The van der Waals surface area contributed by atoms with Crippen LogP contribution in [-0.2, 0) is 0 Å². The van der Waals surface area contributed by atoms with Gasteiger partial charge in [0.15, 0.2) is 0 Å². The Hall–Kier alpha value is -1.51. The van der Waals surface area contributed by atoms with Crippen LogP contribution in [0.15, 0.2) is 29.0 Å². The second-order valence-corrected chi connectivity index (χ2v) is 5.64. The summed E-state index contributed by atoms with van der Waals surface area (Å²) in [7, 11) is 0. The average molecular weight is 258 g/mol. The average Bonchev–Trinajstić information content (AvgIpc) is 2.91. The lowest BCUT2D eigenvalue weighted by molar-refractivity contribution is 0.318. The minimum absolute atomic E-state index is 0.570. The van der Waals surface area contributed by atoms with Gasteiger partial charge in [0.2, 0.25) is 0 Å². The molecule has 1 N–H and O–H groups in total. The van der Waals surface area contributed by atoms with Gasteiger partial charge < -0.3 is 9.73 Å². The van der Waals surface area contributed by atoms with E-state index in [-0.39, 0.29) is 0 Å². The number of nitrogens with zero attached hydrogens (tertiary/aromatic N) is 1. The Morgan fingerprint density at radius 2 is 2.11 bits per heavy atom. The number of nitrogens with one attached hydrogen (secondary N) is 1. The fourth-order valence-corrected chi connectivity index (χ4v) is 3.21. The van der Waals surface area contributed by atoms with E-state index >= 15 is 0 Å². The Morgan fingerprint density at radius 3 is 2.89 bits per heavy atom. The van der Waals surface area contributed by atoms with E-state index in [4.69, 9.17) is 4.42 Å². The summed E-state index contributed by atoms with van der Waals surface area (Å²) < 4.78 is 5.42. The summed E-state index contributed by atoms with van der Waals surface area (Å²) in [5.41, 5.74) is 0.914. The van der Waals surface area contributed by atoms with Gasteiger partial charge in [-0.2, -0.15) is 0 Å². The molecule has 2 aromatic rings. The topological polar surface area (TPSA) is 38.1 Å². The van der Waals surface area contributed by atoms with Crippen molar-refractivity contribution in [1.29, 1.82) is 0 Å². The Bertz CT molecular complexity index is 526. The van der Waals surface area contributed by atoms with Gasteiger partial charge in [0.25, 0.3) is 0 Å². The molecule has 0 bridgehead atoms. The van der Waals surface area contributed by atoms with Gasteiger partial charge in [-0.3, -0.25) is 0 Å². The first-order valence-electron chi connectivity index (χ1n) is 7.45. The van der Waals surface area contributed by atoms with E-state index in [1.54, 1.807) is 6.26 Å². The van der Waals surface area contributed by atoms with Crippen molar-refractivity contribution in [2.75, 3.05) is 5.32 Å². The fourth-order valence-electron chi connectivity index (χ4n) is 3.21. The molecule has 2 heterocycles. The molecule has 2 aromatic heterocycles. The Labute approximate surface area is 114 Å². The molecule has 1 aliphatic carbocycles. The number of anilines is 1. The maximum absolute atomic E-state index is 5.42. The van der Waals surface area contributed by atoms with Crippen molar-refractivity contribution in [3.05, 3.63) is 24.6 Å². The highest BCUT2D eigenvalue weighted by Gasteiger charge is 2.21. The second-order valence-electron chi connectivity index (χ2n) is 5.64. The second kappa shape index (κ2) is 5.64. The monoisotopic (exact) mass is 258 g/mol. The number of fused-ring (bicyclic) bond motifs is 1. The number of pyridine rings is 1. The number of aromatic nitrogens is 1. The summed E-state index contributed by atoms with van der Waals surface area (Å²) in [6.45, 7) is 2.29. The Balaban J connectivity index is 1.65. The quantitative estimate of drug-likeness (QED) is 0.871. The third-order valence-electron chi connectivity index (χ3n) is 4.26. The van der Waals surface area contributed by atoms with Crippen LogP contribution in [0.2, 0.25) is 0 Å². The standard InChI is InChI=1S/C16H22N2O/c1-2-3-12-4-6-13(7-5-12)18-16-14-9-11-19-15(14)8-10-17-16/h8-13H,2-7H2,1H3,(H,17,18). The van der Waals surface area contributed by atoms with Crippen LogP contribution in [0.4, 0.5) is 5.82 Å². The molecule has 3 heteroatoms. The van der Waals surface area contributed by atoms with Crippen LogP contribution in [-0.4, -0.2) is 11.0 Å². The predicted molar refractivity (Wildman–Crippen MR) is 78.3 cm³/mol. The predicted octanol–water partition coefficient (Wildman–Crippen LogP) is 4.60. The van der Waals surface area contributed by atoms with Crippen molar-refractivity contribution < 1.29 is 4.42 Å². The summed E-state index contributed by atoms with van der Waals surface area (Å²) >= 11 is 0. The van der Waals surface area contributed by atoms with Crippen molar-refractivity contribution in [2.24, 2.45) is 5.92 Å². The molecule has 1 saturated carbocycles. The molecule has 19 heavy (non-hydrogen) atoms. The van der Waals surface area contributed by atoms with Crippen LogP contribution in [0.25, 0.3) is 11.0 Å². The number of furan rings is 1. The summed E-state index contributed by atoms with van der Waals surface area (Å²) in [6.07, 6.45) is 11.5. The third-order valence-corrected chi connectivity index (χ3v) is 4.26. The summed E-state index contributed by atoms with van der Waals surface area (Å²) in [4.78, 5) is 4.46. The van der Waals surface area contributed by atoms with Crippen LogP contribution in [0.3, 0.4) is 0 Å². The molecule has 0 aliphatic heterocycles. The van der Waals surface area contributed by atoms with Gasteiger partial charge in [0.05, 0.1) is 11.6 Å². The lowest BCUT2D eigenvalue weighted by atomic mass is 9.83. The molecule has 1 aliphatic rings. The first-order valence-corrected chi connectivity index (χ1v) is 7.45. The molecule has 3 nitrogen and oxygen atoms in total. The summed E-state index contributed by atoms with van der Waals surface area (Å²) in [5.74, 6) is 1.92. The van der Waals surface area contributed by atoms with Gasteiger partial charge in [-0.25, -0.2) is 4.98 Å². The van der Waals surface area contributed by atoms with E-state index in [0.717, 1.165) is 22.7 Å². The van der Waals surface area contributed by atoms with E-state index < -0.39 is 0 Å². The maximum Gasteiger partial charge on any atom is 0.139 e. The van der Waals surface area contributed by atoms with Crippen LogP contribution in [0.1, 0.15) is 45.4 Å². The van der Waals surface area contributed by atoms with Crippen molar-refractivity contribution in [1.82, 2.24) is 4.98 Å². The third kappa shape index (κ3) is 2.75. The van der Waals surface area contributed by atoms with Gasteiger partial charge in [-0.05, 0) is 43.7 Å². The largest absolute Gasteiger partial charge is 0.464 e. The summed E-state index contributed by atoms with van der Waals surface area (Å²) in [5, 5.41) is 4.70. The normalized spacial score (nSPS) is 23.6. The van der Waals surface area contributed by atoms with E-state index in [2.05, 4.69) is 17.2 Å². The zero-order valence-corrected chi connectivity index (χ0v) is 11.6. The number of hydrogen-bond acceptors (Lipinski definition) is 3. The van der Waals surface area contributed by atoms with Gasteiger partial charge in [0.1, 0.15) is 11.4 Å². The molecule has 0 radical (unpaired) electrons. The van der Waals surface area contributed by atoms with Gasteiger partial charge >= 0.3 is 0 Å². The van der Waals surface area contributed by atoms with E-state index in [1.165, 1.54) is 38.5 Å². The molecule has 0 amide bonds. The maximum atomic E-state index is 5.42. The van der Waals surface area contributed by atoms with Crippen LogP contribution in [0.5, 0.6) is 0 Å². The smallest absolute Gasteiger partial charge is 0.139 e. The van der Waals surface area contributed by atoms with E-state index in [9.17, 15) is 0 Å². The zero-order chi connectivity index (χ0) is 13.1. The van der Waals surface area contributed by atoms with Crippen LogP contribution in [0, 0.1) is 5.92 Å². The fraction of sp³-hybridized carbons (Fsp3) is 0.562. The Kier molecular flexibility index (Phi) is 3.72. The first kappa shape index (κ1) is 12.5. The van der Waals surface area contributed by atoms with E-state index in [0.29, 0.717) is 6.04 Å². The van der Waals surface area contributed by atoms with Crippen molar-refractivity contribution >= 4 is 16.8 Å². The molecular weight excluding hydrogens is 236 g/mol. The van der Waals surface area contributed by atoms with Crippen molar-refractivity contribution in [2.45, 2.75) is 51.5 Å². The Morgan fingerprint density at radius 1 is 1.26 bits per heavy atom. The van der Waals surface area contributed by atoms with Gasteiger partial charge in [-0.1, -0.05) is 19.8 Å². The van der Waals surface area contributed by atoms with Crippen molar-refractivity contribution in [3.8, 4) is 0 Å². The molecule has 1 fully saturated rings. The zero-order valence-electron chi connectivity index (χ0n) is 11.6. The highest BCUT2D eigenvalue weighted by atomic mass is 16.3.